The fourth-order valence-corrected chi connectivity index (χ4v) is 1.75. The first kappa shape index (κ1) is 14.1. The van der Waals surface area contributed by atoms with Crippen LogP contribution in [0.25, 0.3) is 0 Å². The van der Waals surface area contributed by atoms with Crippen molar-refractivity contribution in [1.29, 1.82) is 0 Å². The van der Waals surface area contributed by atoms with Crippen molar-refractivity contribution in [1.82, 2.24) is 5.01 Å². The van der Waals surface area contributed by atoms with E-state index in [1.807, 2.05) is 0 Å². The van der Waals surface area contributed by atoms with E-state index < -0.39 is 29.5 Å². The molecule has 17 heavy (non-hydrogen) atoms. The van der Waals surface area contributed by atoms with E-state index >= 15 is 0 Å². The molecule has 1 heterocycles. The van der Waals surface area contributed by atoms with E-state index in [1.54, 1.807) is 0 Å². The van der Waals surface area contributed by atoms with Gasteiger partial charge in [0.15, 0.2) is 11.5 Å². The summed E-state index contributed by atoms with van der Waals surface area (Å²) < 4.78 is 37.7. The average Bonchev–Trinajstić information content (AvgIpc) is 2.52. The average molecular weight is 315 g/mol. The first-order valence-corrected chi connectivity index (χ1v) is 5.93. The van der Waals surface area contributed by atoms with Crippen LogP contribution in [0, 0.1) is 5.92 Å². The monoisotopic (exact) mass is 314 g/mol. The minimum atomic E-state index is -4.75. The van der Waals surface area contributed by atoms with E-state index in [9.17, 15) is 22.8 Å². The highest BCUT2D eigenvalue weighted by molar-refractivity contribution is 9.09. The van der Waals surface area contributed by atoms with Crippen LogP contribution in [0.5, 0.6) is 0 Å². The number of hydrogen-bond acceptors (Lipinski definition) is 3. The number of carbonyl (C=O) groups excluding carboxylic acids is 2. The highest BCUT2D eigenvalue weighted by Gasteiger charge is 2.51. The molecule has 96 valence electrons. The van der Waals surface area contributed by atoms with Gasteiger partial charge >= 0.3 is 6.18 Å². The predicted octanol–water partition coefficient (Wildman–Crippen LogP) is 1.74. The third-order valence-electron chi connectivity index (χ3n) is 2.27. The maximum Gasteiger partial charge on any atom is 0.432 e. The molecule has 1 rings (SSSR count). The third-order valence-corrected chi connectivity index (χ3v) is 2.83. The zero-order valence-electron chi connectivity index (χ0n) is 8.92. The number of rotatable bonds is 4. The lowest BCUT2D eigenvalue weighted by molar-refractivity contribution is -0.136. The molecule has 0 aromatic heterocycles. The highest BCUT2D eigenvalue weighted by Crippen LogP contribution is 2.29. The third kappa shape index (κ3) is 3.05. The molecular formula is C9H10BrF3N2O2. The topological polar surface area (TPSA) is 49.7 Å². The van der Waals surface area contributed by atoms with Crippen molar-refractivity contribution in [3.8, 4) is 0 Å². The van der Waals surface area contributed by atoms with Crippen LogP contribution in [0.4, 0.5) is 13.2 Å². The molecule has 4 nitrogen and oxygen atoms in total. The molecule has 1 aliphatic heterocycles. The standard InChI is InChI=1S/C9H10BrF3N2O2/c1-15-8(17)6(5(16)3-2-4-10)7(14-15)9(11,12)13/h6H,2-4H2,1H3. The van der Waals surface area contributed by atoms with Gasteiger partial charge in [0.1, 0.15) is 5.92 Å². The molecule has 0 N–H and O–H groups in total. The van der Waals surface area contributed by atoms with E-state index in [1.165, 1.54) is 0 Å². The van der Waals surface area contributed by atoms with Crippen LogP contribution in [-0.2, 0) is 9.59 Å². The molecule has 0 saturated carbocycles. The van der Waals surface area contributed by atoms with Gasteiger partial charge in [0.25, 0.3) is 5.91 Å². The number of hydrazone groups is 1. The number of Topliss-reactive ketones (excluding diaryl/α,β-unsaturated/α-hetero) is 1. The molecule has 0 aromatic rings. The number of halogens is 4. The van der Waals surface area contributed by atoms with Gasteiger partial charge in [-0.05, 0) is 6.42 Å². The largest absolute Gasteiger partial charge is 0.432 e. The fraction of sp³-hybridized carbons (Fsp3) is 0.667. The van der Waals surface area contributed by atoms with E-state index in [0.717, 1.165) is 7.05 Å². The first-order valence-electron chi connectivity index (χ1n) is 4.81. The van der Waals surface area contributed by atoms with Gasteiger partial charge in [0, 0.05) is 18.8 Å². The molecule has 0 radical (unpaired) electrons. The van der Waals surface area contributed by atoms with Gasteiger partial charge in [0.05, 0.1) is 0 Å². The normalized spacial score (nSPS) is 20.8. The van der Waals surface area contributed by atoms with Crippen molar-refractivity contribution in [2.45, 2.75) is 19.0 Å². The summed E-state index contributed by atoms with van der Waals surface area (Å²) in [6.07, 6.45) is -4.45. The van der Waals surface area contributed by atoms with Gasteiger partial charge in [-0.15, -0.1) is 0 Å². The molecule has 0 aromatic carbocycles. The molecule has 8 heteroatoms. The Morgan fingerprint density at radius 2 is 2.12 bits per heavy atom. The Labute approximate surface area is 104 Å². The SMILES string of the molecule is CN1N=C(C(F)(F)F)C(C(=O)CCCBr)C1=O. The summed E-state index contributed by atoms with van der Waals surface area (Å²) in [5.74, 6) is -3.45. The molecule has 0 spiro atoms. The van der Waals surface area contributed by atoms with Crippen molar-refractivity contribution in [2.24, 2.45) is 11.0 Å². The summed E-state index contributed by atoms with van der Waals surface area (Å²) in [6, 6.07) is 0. The van der Waals surface area contributed by atoms with Gasteiger partial charge in [-0.3, -0.25) is 9.59 Å². The molecule has 1 amide bonds. The van der Waals surface area contributed by atoms with E-state index in [4.69, 9.17) is 0 Å². The number of amides is 1. The lowest BCUT2D eigenvalue weighted by atomic mass is 9.95. The number of hydrogen-bond donors (Lipinski definition) is 0. The van der Waals surface area contributed by atoms with Crippen molar-refractivity contribution >= 4 is 33.3 Å². The number of ketones is 1. The van der Waals surface area contributed by atoms with Crippen LogP contribution >= 0.6 is 15.9 Å². The molecular weight excluding hydrogens is 305 g/mol. The van der Waals surface area contributed by atoms with Crippen LogP contribution in [0.15, 0.2) is 5.10 Å². The Morgan fingerprint density at radius 1 is 1.53 bits per heavy atom. The second-order valence-corrected chi connectivity index (χ2v) is 4.33. The van der Waals surface area contributed by atoms with E-state index in [2.05, 4.69) is 21.0 Å². The lowest BCUT2D eigenvalue weighted by Crippen LogP contribution is -2.38. The van der Waals surface area contributed by atoms with Crippen molar-refractivity contribution in [3.05, 3.63) is 0 Å². The van der Waals surface area contributed by atoms with Crippen molar-refractivity contribution in [2.75, 3.05) is 12.4 Å². The van der Waals surface area contributed by atoms with Gasteiger partial charge in [-0.2, -0.15) is 18.3 Å². The Balaban J connectivity index is 2.92. The molecule has 1 aliphatic rings. The molecule has 0 bridgehead atoms. The van der Waals surface area contributed by atoms with Gasteiger partial charge in [-0.25, -0.2) is 5.01 Å². The van der Waals surface area contributed by atoms with Gasteiger partial charge in [-0.1, -0.05) is 15.9 Å². The van der Waals surface area contributed by atoms with Crippen molar-refractivity contribution in [3.63, 3.8) is 0 Å². The van der Waals surface area contributed by atoms with E-state index in [0.29, 0.717) is 16.8 Å². The zero-order valence-corrected chi connectivity index (χ0v) is 10.5. The van der Waals surface area contributed by atoms with Crippen LogP contribution < -0.4 is 0 Å². The molecule has 0 aliphatic carbocycles. The number of carbonyl (C=O) groups is 2. The highest BCUT2D eigenvalue weighted by atomic mass is 79.9. The van der Waals surface area contributed by atoms with Gasteiger partial charge < -0.3 is 0 Å². The maximum atomic E-state index is 12.6. The summed E-state index contributed by atoms with van der Waals surface area (Å²) in [5, 5.41) is 4.16. The molecule has 0 saturated heterocycles. The Morgan fingerprint density at radius 3 is 2.59 bits per heavy atom. The summed E-state index contributed by atoms with van der Waals surface area (Å²) in [7, 11) is 1.10. The molecule has 0 fully saturated rings. The number of alkyl halides is 4. The summed E-state index contributed by atoms with van der Waals surface area (Å²) >= 11 is 3.07. The maximum absolute atomic E-state index is 12.6. The summed E-state index contributed by atoms with van der Waals surface area (Å²) in [5.41, 5.74) is -1.32. The second-order valence-electron chi connectivity index (χ2n) is 3.54. The van der Waals surface area contributed by atoms with Crippen LogP contribution in [0.2, 0.25) is 0 Å². The quantitative estimate of drug-likeness (QED) is 0.586. The Kier molecular flexibility index (Phi) is 4.29. The Hall–Kier alpha value is -0.920. The van der Waals surface area contributed by atoms with Crippen LogP contribution in [-0.4, -0.2) is 41.0 Å². The summed E-state index contributed by atoms with van der Waals surface area (Å²) in [6.45, 7) is 0. The second kappa shape index (κ2) is 5.16. The summed E-state index contributed by atoms with van der Waals surface area (Å²) in [4.78, 5) is 23.0. The van der Waals surface area contributed by atoms with Crippen LogP contribution in [0.3, 0.4) is 0 Å². The Bertz CT molecular complexity index is 368. The molecule has 1 unspecified atom stereocenters. The molecule has 1 atom stereocenters. The lowest BCUT2D eigenvalue weighted by Gasteiger charge is -2.12. The first-order chi connectivity index (χ1) is 7.79. The fourth-order valence-electron chi connectivity index (χ4n) is 1.47. The number of nitrogens with zero attached hydrogens (tertiary/aromatic N) is 2. The zero-order chi connectivity index (χ0) is 13.2. The predicted molar refractivity (Wildman–Crippen MR) is 57.8 cm³/mol. The van der Waals surface area contributed by atoms with Crippen LogP contribution in [0.1, 0.15) is 12.8 Å². The van der Waals surface area contributed by atoms with E-state index in [-0.39, 0.29) is 6.42 Å². The minimum absolute atomic E-state index is 0.0788. The van der Waals surface area contributed by atoms with Crippen molar-refractivity contribution < 1.29 is 22.8 Å². The van der Waals surface area contributed by atoms with Gasteiger partial charge in [0.2, 0.25) is 0 Å². The smallest absolute Gasteiger partial charge is 0.298 e. The minimum Gasteiger partial charge on any atom is -0.298 e.